The quantitative estimate of drug-likeness (QED) is 0.334. The van der Waals surface area contributed by atoms with Crippen LogP contribution in [0.25, 0.3) is 32.9 Å². The summed E-state index contributed by atoms with van der Waals surface area (Å²) in [5.41, 5.74) is 11.9. The van der Waals surface area contributed by atoms with Gasteiger partial charge in [-0.15, -0.1) is 0 Å². The molecule has 3 nitrogen and oxygen atoms in total. The van der Waals surface area contributed by atoms with Crippen molar-refractivity contribution in [2.24, 2.45) is 7.05 Å². The Morgan fingerprint density at radius 3 is 2.27 bits per heavy atom. The van der Waals surface area contributed by atoms with Crippen LogP contribution in [0, 0.1) is 5.82 Å². The van der Waals surface area contributed by atoms with Crippen LogP contribution in [-0.4, -0.2) is 14.1 Å². The van der Waals surface area contributed by atoms with E-state index in [2.05, 4.69) is 27.7 Å². The molecule has 0 unspecified atom stereocenters. The van der Waals surface area contributed by atoms with E-state index in [0.29, 0.717) is 5.69 Å². The first kappa shape index (κ1) is 16.3. The Balaban J connectivity index is 2.21. The highest BCUT2D eigenvalue weighted by molar-refractivity contribution is 6.08. The van der Waals surface area contributed by atoms with Crippen LogP contribution >= 0.6 is 0 Å². The lowest BCUT2D eigenvalue weighted by molar-refractivity contribution is -0.617. The van der Waals surface area contributed by atoms with Gasteiger partial charge in [0.2, 0.25) is 11.0 Å². The first-order valence-electron chi connectivity index (χ1n) is 8.54. The van der Waals surface area contributed by atoms with Crippen molar-refractivity contribution in [2.45, 2.75) is 0 Å². The number of nitrogen functional groups attached to an aromatic ring is 1. The standard InChI is InChI=1S/C22H20FN3/c1-25(2)17-8-10-19-21(13-17)26(3)20-12-16(24)7-9-18(20)22(19)14-5-4-6-15(23)11-14/h4-13,24H,1-3H3/p+1. The van der Waals surface area contributed by atoms with Gasteiger partial charge in [-0.2, -0.15) is 4.57 Å². The highest BCUT2D eigenvalue weighted by atomic mass is 19.1. The molecular formula is C22H21FN3+. The lowest BCUT2D eigenvalue weighted by Crippen LogP contribution is -2.30. The van der Waals surface area contributed by atoms with E-state index in [9.17, 15) is 4.39 Å². The zero-order valence-electron chi connectivity index (χ0n) is 15.1. The summed E-state index contributed by atoms with van der Waals surface area (Å²) >= 11 is 0. The predicted molar refractivity (Wildman–Crippen MR) is 107 cm³/mol. The SMILES string of the molecule is CN(C)c1ccc2c(-c3cccc(F)c3)c3ccc(N)cc3[n+](C)c2c1. The van der Waals surface area contributed by atoms with Crippen molar-refractivity contribution in [1.29, 1.82) is 0 Å². The zero-order valence-corrected chi connectivity index (χ0v) is 15.1. The van der Waals surface area contributed by atoms with Crippen LogP contribution in [0.2, 0.25) is 0 Å². The first-order valence-corrected chi connectivity index (χ1v) is 8.54. The second-order valence-corrected chi connectivity index (χ2v) is 6.82. The minimum Gasteiger partial charge on any atom is -0.399 e. The number of benzene rings is 3. The maximum atomic E-state index is 13.9. The molecule has 4 aromatic rings. The molecule has 26 heavy (non-hydrogen) atoms. The summed E-state index contributed by atoms with van der Waals surface area (Å²) in [6.45, 7) is 0. The minimum atomic E-state index is -0.239. The van der Waals surface area contributed by atoms with Gasteiger partial charge in [-0.1, -0.05) is 12.1 Å². The molecule has 4 heteroatoms. The molecule has 130 valence electrons. The number of anilines is 2. The van der Waals surface area contributed by atoms with Gasteiger partial charge in [-0.05, 0) is 42.0 Å². The Hall–Kier alpha value is -3.14. The van der Waals surface area contributed by atoms with Crippen LogP contribution in [0.4, 0.5) is 15.8 Å². The molecule has 2 N–H and O–H groups in total. The fourth-order valence-electron chi connectivity index (χ4n) is 3.55. The monoisotopic (exact) mass is 346 g/mol. The number of hydrogen-bond acceptors (Lipinski definition) is 2. The van der Waals surface area contributed by atoms with E-state index in [1.807, 2.05) is 45.4 Å². The van der Waals surface area contributed by atoms with Gasteiger partial charge in [-0.25, -0.2) is 4.39 Å². The molecule has 1 aromatic heterocycles. The van der Waals surface area contributed by atoms with E-state index < -0.39 is 0 Å². The Morgan fingerprint density at radius 1 is 0.885 bits per heavy atom. The minimum absolute atomic E-state index is 0.239. The zero-order chi connectivity index (χ0) is 18.4. The van der Waals surface area contributed by atoms with Gasteiger partial charge in [0.1, 0.15) is 12.9 Å². The average molecular weight is 346 g/mol. The summed E-state index contributed by atoms with van der Waals surface area (Å²) in [6.07, 6.45) is 0. The number of aromatic nitrogens is 1. The van der Waals surface area contributed by atoms with Gasteiger partial charge in [0.05, 0.1) is 10.8 Å². The molecule has 0 aliphatic carbocycles. The van der Waals surface area contributed by atoms with Gasteiger partial charge in [-0.3, -0.25) is 0 Å². The van der Waals surface area contributed by atoms with E-state index in [-0.39, 0.29) is 5.82 Å². The number of hydrogen-bond donors (Lipinski definition) is 1. The molecule has 0 amide bonds. The van der Waals surface area contributed by atoms with Gasteiger partial charge >= 0.3 is 0 Å². The van der Waals surface area contributed by atoms with E-state index in [1.165, 1.54) is 6.07 Å². The summed E-state index contributed by atoms with van der Waals surface area (Å²) < 4.78 is 16.1. The van der Waals surface area contributed by atoms with Crippen LogP contribution < -0.4 is 15.2 Å². The molecule has 3 aromatic carbocycles. The number of pyridine rings is 1. The number of nitrogens with zero attached hydrogens (tertiary/aromatic N) is 2. The second-order valence-electron chi connectivity index (χ2n) is 6.82. The highest BCUT2D eigenvalue weighted by Gasteiger charge is 2.20. The Kier molecular flexibility index (Phi) is 3.76. The van der Waals surface area contributed by atoms with Gasteiger partial charge in [0.25, 0.3) is 0 Å². The topological polar surface area (TPSA) is 33.1 Å². The van der Waals surface area contributed by atoms with Crippen molar-refractivity contribution in [2.75, 3.05) is 24.7 Å². The van der Waals surface area contributed by atoms with Gasteiger partial charge < -0.3 is 10.6 Å². The molecule has 0 aliphatic heterocycles. The summed E-state index contributed by atoms with van der Waals surface area (Å²) in [4.78, 5) is 2.07. The van der Waals surface area contributed by atoms with Crippen LogP contribution in [0.3, 0.4) is 0 Å². The number of aryl methyl sites for hydroxylation is 1. The van der Waals surface area contributed by atoms with Crippen molar-refractivity contribution >= 4 is 33.2 Å². The fraction of sp³-hybridized carbons (Fsp3) is 0.136. The number of halogens is 1. The maximum Gasteiger partial charge on any atom is 0.215 e. The maximum absolute atomic E-state index is 13.9. The van der Waals surface area contributed by atoms with Gasteiger partial charge in [0.15, 0.2) is 0 Å². The van der Waals surface area contributed by atoms with Crippen molar-refractivity contribution in [3.05, 3.63) is 66.5 Å². The third-order valence-corrected chi connectivity index (χ3v) is 4.89. The highest BCUT2D eigenvalue weighted by Crippen LogP contribution is 2.36. The summed E-state index contributed by atoms with van der Waals surface area (Å²) in [7, 11) is 6.08. The summed E-state index contributed by atoms with van der Waals surface area (Å²) in [5, 5.41) is 2.14. The molecule has 0 aliphatic rings. The largest absolute Gasteiger partial charge is 0.399 e. The van der Waals surface area contributed by atoms with E-state index in [4.69, 9.17) is 5.73 Å². The molecule has 0 fully saturated rings. The molecule has 1 heterocycles. The number of nitrogens with two attached hydrogens (primary N) is 1. The van der Waals surface area contributed by atoms with E-state index in [0.717, 1.165) is 38.6 Å². The molecule has 0 radical (unpaired) electrons. The summed E-state index contributed by atoms with van der Waals surface area (Å²) in [5.74, 6) is -0.239. The molecule has 0 spiro atoms. The van der Waals surface area contributed by atoms with Gasteiger partial charge in [0, 0.05) is 43.2 Å². The summed E-state index contributed by atoms with van der Waals surface area (Å²) in [6, 6.07) is 19.0. The fourth-order valence-corrected chi connectivity index (χ4v) is 3.55. The molecule has 0 bridgehead atoms. The van der Waals surface area contributed by atoms with Crippen molar-refractivity contribution in [3.63, 3.8) is 0 Å². The average Bonchev–Trinajstić information content (AvgIpc) is 2.62. The second kappa shape index (κ2) is 5.99. The van der Waals surface area contributed by atoms with E-state index in [1.54, 1.807) is 12.1 Å². The Labute approximate surface area is 152 Å². The molecular weight excluding hydrogens is 325 g/mol. The molecule has 0 atom stereocenters. The predicted octanol–water partition coefficient (Wildman–Crippen LogP) is 4.27. The van der Waals surface area contributed by atoms with Crippen molar-refractivity contribution in [3.8, 4) is 11.1 Å². The normalized spacial score (nSPS) is 11.2. The lowest BCUT2D eigenvalue weighted by Gasteiger charge is -2.15. The van der Waals surface area contributed by atoms with Crippen LogP contribution in [0.15, 0.2) is 60.7 Å². The third kappa shape index (κ3) is 2.54. The Bertz CT molecular complexity index is 1150. The van der Waals surface area contributed by atoms with Crippen LogP contribution in [0.1, 0.15) is 0 Å². The van der Waals surface area contributed by atoms with Crippen LogP contribution in [-0.2, 0) is 7.05 Å². The number of fused-ring (bicyclic) bond motifs is 2. The smallest absolute Gasteiger partial charge is 0.215 e. The van der Waals surface area contributed by atoms with Crippen molar-refractivity contribution < 1.29 is 8.96 Å². The van der Waals surface area contributed by atoms with E-state index >= 15 is 0 Å². The van der Waals surface area contributed by atoms with Crippen molar-refractivity contribution in [1.82, 2.24) is 0 Å². The first-order chi connectivity index (χ1) is 12.5. The molecule has 0 saturated heterocycles. The van der Waals surface area contributed by atoms with Crippen LogP contribution in [0.5, 0.6) is 0 Å². The molecule has 4 rings (SSSR count). The number of rotatable bonds is 2. The molecule has 0 saturated carbocycles. The third-order valence-electron chi connectivity index (χ3n) is 4.89. The Morgan fingerprint density at radius 2 is 1.58 bits per heavy atom. The lowest BCUT2D eigenvalue weighted by atomic mass is 9.95.